The molecule has 168 valence electrons. The first kappa shape index (κ1) is 23.5. The quantitative estimate of drug-likeness (QED) is 0.292. The molecule has 0 radical (unpaired) electrons. The van der Waals surface area contributed by atoms with Crippen LogP contribution in [-0.2, 0) is 6.54 Å². The first-order valence-electron chi connectivity index (χ1n) is 9.83. The molecule has 4 rings (SSSR count). The van der Waals surface area contributed by atoms with Gasteiger partial charge in [-0.25, -0.2) is 4.68 Å². The zero-order valence-electron chi connectivity index (χ0n) is 17.4. The molecule has 1 aromatic heterocycles. The molecule has 1 amide bonds. The van der Waals surface area contributed by atoms with Crippen molar-refractivity contribution in [2.24, 2.45) is 0 Å². The summed E-state index contributed by atoms with van der Waals surface area (Å²) in [5, 5.41) is 4.13. The van der Waals surface area contributed by atoms with Gasteiger partial charge in [0, 0.05) is 26.8 Å². The van der Waals surface area contributed by atoms with Gasteiger partial charge in [-0.2, -0.15) is 0 Å². The highest BCUT2D eigenvalue weighted by atomic mass is 35.5. The molecule has 0 bridgehead atoms. The van der Waals surface area contributed by atoms with Gasteiger partial charge in [0.25, 0.3) is 11.5 Å². The molecule has 0 spiro atoms. The molecule has 9 heteroatoms. The summed E-state index contributed by atoms with van der Waals surface area (Å²) in [4.78, 5) is 27.4. The van der Waals surface area contributed by atoms with E-state index in [-0.39, 0.29) is 5.56 Å². The predicted molar refractivity (Wildman–Crippen MR) is 137 cm³/mol. The van der Waals surface area contributed by atoms with Crippen molar-refractivity contribution in [1.29, 1.82) is 0 Å². The largest absolute Gasteiger partial charge is 0.322 e. The monoisotopic (exact) mass is 517 g/mol. The number of nitrogens with zero attached hydrogens (tertiary/aromatic N) is 2. The summed E-state index contributed by atoms with van der Waals surface area (Å²) in [7, 11) is 0. The van der Waals surface area contributed by atoms with Gasteiger partial charge in [-0.3, -0.25) is 14.3 Å². The molecule has 0 aliphatic carbocycles. The van der Waals surface area contributed by atoms with Crippen LogP contribution >= 0.6 is 46.6 Å². The van der Waals surface area contributed by atoms with Crippen molar-refractivity contribution < 1.29 is 4.79 Å². The molecule has 0 saturated carbocycles. The summed E-state index contributed by atoms with van der Waals surface area (Å²) >= 11 is 20.0. The second-order valence-corrected chi connectivity index (χ2v) is 9.32. The number of rotatable bonds is 6. The van der Waals surface area contributed by atoms with E-state index in [1.54, 1.807) is 58.9 Å². The van der Waals surface area contributed by atoms with Crippen LogP contribution in [0.4, 0.5) is 5.69 Å². The maximum atomic E-state index is 13.4. The summed E-state index contributed by atoms with van der Waals surface area (Å²) in [5.74, 6) is -0.509. The zero-order valence-corrected chi connectivity index (χ0v) is 20.5. The first-order chi connectivity index (χ1) is 15.9. The molecule has 0 aliphatic heterocycles. The van der Waals surface area contributed by atoms with E-state index in [4.69, 9.17) is 34.8 Å². The minimum Gasteiger partial charge on any atom is -0.322 e. The van der Waals surface area contributed by atoms with Gasteiger partial charge in [0.05, 0.1) is 17.3 Å². The van der Waals surface area contributed by atoms with Crippen LogP contribution in [-0.4, -0.2) is 21.5 Å². The summed E-state index contributed by atoms with van der Waals surface area (Å²) in [6.07, 6.45) is 3.49. The molecule has 1 N–H and O–H groups in total. The van der Waals surface area contributed by atoms with E-state index in [2.05, 4.69) is 5.32 Å². The van der Waals surface area contributed by atoms with Crippen LogP contribution < -0.4 is 10.9 Å². The van der Waals surface area contributed by atoms with E-state index in [0.29, 0.717) is 33.0 Å². The van der Waals surface area contributed by atoms with Crippen LogP contribution in [0.5, 0.6) is 0 Å². The normalized spacial score (nSPS) is 10.9. The van der Waals surface area contributed by atoms with E-state index in [1.165, 1.54) is 10.9 Å². The predicted octanol–water partition coefficient (Wildman–Crippen LogP) is 6.62. The summed E-state index contributed by atoms with van der Waals surface area (Å²) < 4.78 is 3.02. The van der Waals surface area contributed by atoms with Crippen LogP contribution in [0, 0.1) is 0 Å². The van der Waals surface area contributed by atoms with Crippen molar-refractivity contribution in [3.05, 3.63) is 109 Å². The van der Waals surface area contributed by atoms with Gasteiger partial charge in [0.1, 0.15) is 5.56 Å². The van der Waals surface area contributed by atoms with E-state index >= 15 is 0 Å². The molecule has 4 aromatic rings. The lowest BCUT2D eigenvalue weighted by atomic mass is 10.2. The number of nitrogens with one attached hydrogen (secondary N) is 1. The minimum absolute atomic E-state index is 0.0103. The molecule has 0 fully saturated rings. The summed E-state index contributed by atoms with van der Waals surface area (Å²) in [6, 6.07) is 19.5. The Morgan fingerprint density at radius 1 is 0.939 bits per heavy atom. The molecule has 5 nitrogen and oxygen atoms in total. The highest BCUT2D eigenvalue weighted by molar-refractivity contribution is 7.98. The average Bonchev–Trinajstić information content (AvgIpc) is 3.11. The smallest absolute Gasteiger partial charge is 0.284 e. The second kappa shape index (κ2) is 10.1. The Hall–Kier alpha value is -2.64. The van der Waals surface area contributed by atoms with Gasteiger partial charge < -0.3 is 5.32 Å². The minimum atomic E-state index is -0.509. The van der Waals surface area contributed by atoms with Crippen LogP contribution in [0.1, 0.15) is 15.9 Å². The molecule has 0 unspecified atom stereocenters. The molecular weight excluding hydrogens is 501 g/mol. The summed E-state index contributed by atoms with van der Waals surface area (Å²) in [5.41, 5.74) is 1.41. The van der Waals surface area contributed by atoms with E-state index in [0.717, 1.165) is 10.5 Å². The maximum Gasteiger partial charge on any atom is 0.284 e. The van der Waals surface area contributed by atoms with Gasteiger partial charge in [0.15, 0.2) is 0 Å². The fourth-order valence-electron chi connectivity index (χ4n) is 3.32. The highest BCUT2D eigenvalue weighted by Gasteiger charge is 2.21. The number of halogens is 3. The third-order valence-electron chi connectivity index (χ3n) is 4.95. The van der Waals surface area contributed by atoms with Gasteiger partial charge in [-0.05, 0) is 66.4 Å². The van der Waals surface area contributed by atoms with Crippen LogP contribution in [0.25, 0.3) is 5.69 Å². The SMILES string of the molecule is CSc1ccc(NC(=O)c2cn(Cc3ccc(Cl)cc3)n(-c3ccc(Cl)cc3Cl)c2=O)cc1. The van der Waals surface area contributed by atoms with Crippen molar-refractivity contribution in [2.75, 3.05) is 11.6 Å². The highest BCUT2D eigenvalue weighted by Crippen LogP contribution is 2.24. The number of benzene rings is 3. The fraction of sp³-hybridized carbons (Fsp3) is 0.0833. The lowest BCUT2D eigenvalue weighted by Crippen LogP contribution is -2.26. The first-order valence-corrected chi connectivity index (χ1v) is 12.2. The third kappa shape index (κ3) is 5.31. The zero-order chi connectivity index (χ0) is 23.5. The van der Waals surface area contributed by atoms with Crippen molar-refractivity contribution in [2.45, 2.75) is 11.4 Å². The lowest BCUT2D eigenvalue weighted by Gasteiger charge is -2.13. The molecule has 3 aromatic carbocycles. The van der Waals surface area contributed by atoms with Crippen LogP contribution in [0.15, 0.2) is 82.6 Å². The number of hydrogen-bond acceptors (Lipinski definition) is 3. The number of amides is 1. The van der Waals surface area contributed by atoms with Gasteiger partial charge in [-0.15, -0.1) is 11.8 Å². The van der Waals surface area contributed by atoms with Gasteiger partial charge >= 0.3 is 0 Å². The summed E-state index contributed by atoms with van der Waals surface area (Å²) in [6.45, 7) is 0.321. The van der Waals surface area contributed by atoms with E-state index in [1.807, 2.05) is 30.5 Å². The number of carbonyl (C=O) groups excluding carboxylic acids is 1. The topological polar surface area (TPSA) is 56.0 Å². The number of thioether (sulfide) groups is 1. The van der Waals surface area contributed by atoms with Crippen molar-refractivity contribution in [3.63, 3.8) is 0 Å². The van der Waals surface area contributed by atoms with Crippen molar-refractivity contribution in [3.8, 4) is 5.69 Å². The van der Waals surface area contributed by atoms with Gasteiger partial charge in [-0.1, -0.05) is 46.9 Å². The Bertz CT molecular complexity index is 1360. The van der Waals surface area contributed by atoms with E-state index < -0.39 is 11.5 Å². The number of aromatic nitrogens is 2. The van der Waals surface area contributed by atoms with Crippen LogP contribution in [0.2, 0.25) is 15.1 Å². The Balaban J connectivity index is 1.75. The lowest BCUT2D eigenvalue weighted by molar-refractivity contribution is 0.102. The standard InChI is InChI=1S/C24H18Cl3N3O2S/c1-33-19-9-7-18(8-10-19)28-23(31)20-14-29(13-15-2-4-16(25)5-3-15)30(24(20)32)22-11-6-17(26)12-21(22)27/h2-12,14H,13H2,1H3,(H,28,31). The van der Waals surface area contributed by atoms with Crippen molar-refractivity contribution >= 4 is 58.2 Å². The third-order valence-corrected chi connectivity index (χ3v) is 6.48. The molecule has 0 atom stereocenters. The number of anilines is 1. The maximum absolute atomic E-state index is 13.4. The van der Waals surface area contributed by atoms with Gasteiger partial charge in [0.2, 0.25) is 0 Å². The average molecular weight is 519 g/mol. The molecule has 33 heavy (non-hydrogen) atoms. The Morgan fingerprint density at radius 3 is 2.24 bits per heavy atom. The van der Waals surface area contributed by atoms with Crippen LogP contribution in [0.3, 0.4) is 0 Å². The second-order valence-electron chi connectivity index (χ2n) is 7.16. The Kier molecular flexibility index (Phi) is 7.20. The number of carbonyl (C=O) groups is 1. The molecular formula is C24H18Cl3N3O2S. The fourth-order valence-corrected chi connectivity index (χ4v) is 4.34. The van der Waals surface area contributed by atoms with Crippen molar-refractivity contribution in [1.82, 2.24) is 9.36 Å². The Labute approximate surface area is 209 Å². The Morgan fingerprint density at radius 2 is 1.61 bits per heavy atom. The van der Waals surface area contributed by atoms with E-state index in [9.17, 15) is 9.59 Å². The molecule has 0 aliphatic rings. The molecule has 0 saturated heterocycles. The molecule has 1 heterocycles. The number of hydrogen-bond donors (Lipinski definition) is 1.